The highest BCUT2D eigenvalue weighted by molar-refractivity contribution is 5.92. The van der Waals surface area contributed by atoms with Crippen molar-refractivity contribution < 1.29 is 14.3 Å². The molecule has 1 amide bonds. The number of aliphatic imine (C=N–C) groups is 1. The molecule has 0 atom stereocenters. The molecule has 3 aromatic rings. The zero-order valence-electron chi connectivity index (χ0n) is 17.5. The van der Waals surface area contributed by atoms with Crippen molar-refractivity contribution in [2.75, 3.05) is 18.5 Å². The van der Waals surface area contributed by atoms with Gasteiger partial charge in [-0.15, -0.1) is 0 Å². The molecule has 5 nitrogen and oxygen atoms in total. The normalized spacial score (nSPS) is 10.8. The van der Waals surface area contributed by atoms with Gasteiger partial charge in [0.05, 0.1) is 12.3 Å². The second-order valence-electron chi connectivity index (χ2n) is 6.89. The Morgan fingerprint density at radius 1 is 0.967 bits per heavy atom. The van der Waals surface area contributed by atoms with Crippen LogP contribution in [-0.2, 0) is 4.79 Å². The number of carbonyl (C=O) groups is 1. The minimum Gasteiger partial charge on any atom is -0.490 e. The van der Waals surface area contributed by atoms with Crippen LogP contribution >= 0.6 is 0 Å². The Morgan fingerprint density at radius 2 is 1.77 bits per heavy atom. The fourth-order valence-electron chi connectivity index (χ4n) is 2.86. The van der Waals surface area contributed by atoms with Crippen LogP contribution in [0.1, 0.15) is 23.6 Å². The SMILES string of the molecule is CCOc1cc(C=Nc2cc(C)ccc2C)ccc1OCC(=O)Nc1ccccc1. The van der Waals surface area contributed by atoms with Gasteiger partial charge in [0, 0.05) is 11.9 Å². The second-order valence-corrected chi connectivity index (χ2v) is 6.89. The summed E-state index contributed by atoms with van der Waals surface area (Å²) >= 11 is 0. The Hall–Kier alpha value is -3.60. The minimum absolute atomic E-state index is 0.106. The van der Waals surface area contributed by atoms with Gasteiger partial charge in [0.15, 0.2) is 18.1 Å². The van der Waals surface area contributed by atoms with Crippen LogP contribution in [0.4, 0.5) is 11.4 Å². The average Bonchev–Trinajstić information content (AvgIpc) is 2.74. The van der Waals surface area contributed by atoms with Crippen molar-refractivity contribution in [2.45, 2.75) is 20.8 Å². The fraction of sp³-hybridized carbons (Fsp3) is 0.200. The maximum atomic E-state index is 12.1. The number of rotatable bonds is 8. The highest BCUT2D eigenvalue weighted by Crippen LogP contribution is 2.28. The summed E-state index contributed by atoms with van der Waals surface area (Å²) in [7, 11) is 0. The van der Waals surface area contributed by atoms with E-state index in [0.29, 0.717) is 18.1 Å². The maximum Gasteiger partial charge on any atom is 0.262 e. The van der Waals surface area contributed by atoms with Crippen molar-refractivity contribution in [2.24, 2.45) is 4.99 Å². The largest absolute Gasteiger partial charge is 0.490 e. The molecule has 3 aromatic carbocycles. The number of nitrogens with zero attached hydrogens (tertiary/aromatic N) is 1. The number of carbonyl (C=O) groups excluding carboxylic acids is 1. The van der Waals surface area contributed by atoms with Crippen molar-refractivity contribution in [3.05, 3.63) is 83.4 Å². The first-order valence-corrected chi connectivity index (χ1v) is 9.91. The van der Waals surface area contributed by atoms with E-state index in [9.17, 15) is 4.79 Å². The van der Waals surface area contributed by atoms with Crippen molar-refractivity contribution in [1.29, 1.82) is 0 Å². The van der Waals surface area contributed by atoms with Gasteiger partial charge < -0.3 is 14.8 Å². The number of aryl methyl sites for hydroxylation is 2. The Bertz CT molecular complexity index is 1030. The molecule has 0 fully saturated rings. The molecule has 1 N–H and O–H groups in total. The quantitative estimate of drug-likeness (QED) is 0.508. The summed E-state index contributed by atoms with van der Waals surface area (Å²) < 4.78 is 11.4. The molecule has 5 heteroatoms. The first kappa shape index (κ1) is 21.1. The van der Waals surface area contributed by atoms with Crippen LogP contribution in [0.25, 0.3) is 0 Å². The third-order valence-corrected chi connectivity index (χ3v) is 4.40. The summed E-state index contributed by atoms with van der Waals surface area (Å²) in [6, 6.07) is 21.0. The van der Waals surface area contributed by atoms with E-state index in [-0.39, 0.29) is 12.5 Å². The molecule has 30 heavy (non-hydrogen) atoms. The summed E-state index contributed by atoms with van der Waals surface area (Å²) in [5.41, 5.74) is 4.84. The van der Waals surface area contributed by atoms with E-state index < -0.39 is 0 Å². The van der Waals surface area contributed by atoms with Crippen LogP contribution in [0.3, 0.4) is 0 Å². The third-order valence-electron chi connectivity index (χ3n) is 4.40. The zero-order valence-corrected chi connectivity index (χ0v) is 17.5. The molecule has 154 valence electrons. The van der Waals surface area contributed by atoms with Crippen LogP contribution < -0.4 is 14.8 Å². The molecule has 0 radical (unpaired) electrons. The highest BCUT2D eigenvalue weighted by atomic mass is 16.5. The van der Waals surface area contributed by atoms with Crippen molar-refractivity contribution in [3.63, 3.8) is 0 Å². The number of benzene rings is 3. The number of hydrogen-bond donors (Lipinski definition) is 1. The monoisotopic (exact) mass is 402 g/mol. The topological polar surface area (TPSA) is 59.9 Å². The molecule has 0 bridgehead atoms. The van der Waals surface area contributed by atoms with E-state index in [4.69, 9.17) is 9.47 Å². The van der Waals surface area contributed by atoms with Gasteiger partial charge in [-0.05, 0) is 73.9 Å². The van der Waals surface area contributed by atoms with Gasteiger partial charge in [-0.3, -0.25) is 9.79 Å². The summed E-state index contributed by atoms with van der Waals surface area (Å²) in [6.07, 6.45) is 1.80. The van der Waals surface area contributed by atoms with Crippen LogP contribution in [0.15, 0.2) is 71.7 Å². The molecule has 0 aromatic heterocycles. The minimum atomic E-state index is -0.232. The van der Waals surface area contributed by atoms with Crippen molar-refractivity contribution >= 4 is 23.5 Å². The van der Waals surface area contributed by atoms with Crippen LogP contribution in [0.5, 0.6) is 11.5 Å². The van der Waals surface area contributed by atoms with E-state index in [1.54, 1.807) is 12.3 Å². The lowest BCUT2D eigenvalue weighted by molar-refractivity contribution is -0.118. The predicted octanol–water partition coefficient (Wildman–Crippen LogP) is 5.47. The Labute approximate surface area is 177 Å². The van der Waals surface area contributed by atoms with Gasteiger partial charge in [-0.2, -0.15) is 0 Å². The molecule has 0 aliphatic rings. The Kier molecular flexibility index (Phi) is 7.22. The summed E-state index contributed by atoms with van der Waals surface area (Å²) in [5.74, 6) is 0.864. The summed E-state index contributed by atoms with van der Waals surface area (Å²) in [6.45, 7) is 6.37. The molecular weight excluding hydrogens is 376 g/mol. The standard InChI is InChI=1S/C25H26N2O3/c1-4-29-24-15-20(16-26-22-14-18(2)10-11-19(22)3)12-13-23(24)30-17-25(28)27-21-8-6-5-7-9-21/h5-16H,4,17H2,1-3H3,(H,27,28). The second kappa shape index (κ2) is 10.3. The van der Waals surface area contributed by atoms with Gasteiger partial charge in [-0.25, -0.2) is 0 Å². The van der Waals surface area contributed by atoms with E-state index >= 15 is 0 Å². The zero-order chi connectivity index (χ0) is 21.3. The number of amides is 1. The molecule has 0 spiro atoms. The first-order valence-electron chi connectivity index (χ1n) is 9.91. The lowest BCUT2D eigenvalue weighted by atomic mass is 10.1. The Morgan fingerprint density at radius 3 is 2.53 bits per heavy atom. The van der Waals surface area contributed by atoms with Gasteiger partial charge >= 0.3 is 0 Å². The molecular formula is C25H26N2O3. The molecule has 3 rings (SSSR count). The number of hydrogen-bond acceptors (Lipinski definition) is 4. The number of para-hydroxylation sites is 1. The first-order chi connectivity index (χ1) is 14.5. The summed E-state index contributed by atoms with van der Waals surface area (Å²) in [5, 5.41) is 2.80. The molecule has 0 heterocycles. The average molecular weight is 402 g/mol. The van der Waals surface area contributed by atoms with E-state index in [1.807, 2.05) is 63.2 Å². The highest BCUT2D eigenvalue weighted by Gasteiger charge is 2.09. The third kappa shape index (κ3) is 5.95. The number of nitrogens with one attached hydrogen (secondary N) is 1. The van der Waals surface area contributed by atoms with Gasteiger partial charge in [-0.1, -0.05) is 30.3 Å². The number of anilines is 1. The molecule has 0 saturated carbocycles. The van der Waals surface area contributed by atoms with Crippen LogP contribution in [-0.4, -0.2) is 25.3 Å². The van der Waals surface area contributed by atoms with Crippen LogP contribution in [0, 0.1) is 13.8 Å². The van der Waals surface area contributed by atoms with E-state index in [1.165, 1.54) is 5.56 Å². The van der Waals surface area contributed by atoms with E-state index in [0.717, 1.165) is 22.5 Å². The van der Waals surface area contributed by atoms with E-state index in [2.05, 4.69) is 28.5 Å². The fourth-order valence-corrected chi connectivity index (χ4v) is 2.86. The van der Waals surface area contributed by atoms with Gasteiger partial charge in [0.25, 0.3) is 5.91 Å². The lowest BCUT2D eigenvalue weighted by Crippen LogP contribution is -2.20. The van der Waals surface area contributed by atoms with Gasteiger partial charge in [0.1, 0.15) is 0 Å². The maximum absolute atomic E-state index is 12.1. The molecule has 0 unspecified atom stereocenters. The van der Waals surface area contributed by atoms with Crippen molar-refractivity contribution in [1.82, 2.24) is 0 Å². The molecule has 0 saturated heterocycles. The Balaban J connectivity index is 1.69. The van der Waals surface area contributed by atoms with Gasteiger partial charge in [0.2, 0.25) is 0 Å². The molecule has 0 aliphatic heterocycles. The number of ether oxygens (including phenoxy) is 2. The smallest absolute Gasteiger partial charge is 0.262 e. The lowest BCUT2D eigenvalue weighted by Gasteiger charge is -2.12. The predicted molar refractivity (Wildman–Crippen MR) is 121 cm³/mol. The van der Waals surface area contributed by atoms with Crippen LogP contribution in [0.2, 0.25) is 0 Å². The molecule has 0 aliphatic carbocycles. The summed E-state index contributed by atoms with van der Waals surface area (Å²) in [4.78, 5) is 16.7. The van der Waals surface area contributed by atoms with Crippen molar-refractivity contribution in [3.8, 4) is 11.5 Å².